The van der Waals surface area contributed by atoms with Crippen molar-refractivity contribution in [2.75, 3.05) is 0 Å². The van der Waals surface area contributed by atoms with Gasteiger partial charge in [0, 0.05) is 30.7 Å². The maximum atomic E-state index is 14.5. The Balaban J connectivity index is 1.39. The summed E-state index contributed by atoms with van der Waals surface area (Å²) in [7, 11) is 0. The molecule has 29 heavy (non-hydrogen) atoms. The van der Waals surface area contributed by atoms with Crippen molar-refractivity contribution < 1.29 is 9.18 Å². The van der Waals surface area contributed by atoms with Crippen LogP contribution in [0.3, 0.4) is 0 Å². The second kappa shape index (κ2) is 8.36. The van der Waals surface area contributed by atoms with E-state index < -0.39 is 0 Å². The molecule has 0 aliphatic carbocycles. The van der Waals surface area contributed by atoms with E-state index in [1.165, 1.54) is 17.4 Å². The summed E-state index contributed by atoms with van der Waals surface area (Å²) < 4.78 is 16.2. The van der Waals surface area contributed by atoms with Crippen molar-refractivity contribution in [2.24, 2.45) is 0 Å². The third-order valence-corrected chi connectivity index (χ3v) is 5.38. The van der Waals surface area contributed by atoms with Gasteiger partial charge in [-0.15, -0.1) is 11.3 Å². The molecule has 0 bridgehead atoms. The summed E-state index contributed by atoms with van der Waals surface area (Å²) in [5, 5.41) is 5.44. The van der Waals surface area contributed by atoms with Crippen LogP contribution in [0.15, 0.2) is 66.3 Å². The number of nitrogens with zero attached hydrogens (tertiary/aromatic N) is 3. The van der Waals surface area contributed by atoms with Crippen LogP contribution >= 0.6 is 11.3 Å². The molecule has 1 amide bonds. The summed E-state index contributed by atoms with van der Waals surface area (Å²) in [6, 6.07) is 14.9. The van der Waals surface area contributed by atoms with Crippen LogP contribution in [0.5, 0.6) is 0 Å². The maximum Gasteiger partial charge on any atom is 0.271 e. The van der Waals surface area contributed by atoms with Crippen LogP contribution in [-0.2, 0) is 13.0 Å². The van der Waals surface area contributed by atoms with E-state index >= 15 is 0 Å². The Morgan fingerprint density at radius 3 is 2.72 bits per heavy atom. The molecule has 0 fully saturated rings. The van der Waals surface area contributed by atoms with Gasteiger partial charge in [-0.2, -0.15) is 0 Å². The van der Waals surface area contributed by atoms with Gasteiger partial charge in [-0.05, 0) is 30.2 Å². The van der Waals surface area contributed by atoms with Gasteiger partial charge in [0.2, 0.25) is 0 Å². The lowest BCUT2D eigenvalue weighted by molar-refractivity contribution is 0.0946. The quantitative estimate of drug-likeness (QED) is 0.519. The van der Waals surface area contributed by atoms with Gasteiger partial charge in [0.15, 0.2) is 0 Å². The molecular weight excluding hydrogens is 387 g/mol. The Kier molecular flexibility index (Phi) is 5.48. The van der Waals surface area contributed by atoms with Crippen LogP contribution < -0.4 is 5.32 Å². The zero-order valence-corrected chi connectivity index (χ0v) is 16.6. The summed E-state index contributed by atoms with van der Waals surface area (Å²) in [4.78, 5) is 20.9. The third kappa shape index (κ3) is 4.41. The summed E-state index contributed by atoms with van der Waals surface area (Å²) in [6.45, 7) is 2.04. The van der Waals surface area contributed by atoms with Crippen LogP contribution in [0.1, 0.15) is 32.4 Å². The fourth-order valence-corrected chi connectivity index (χ4v) is 3.84. The SMILES string of the molecule is Cc1nccn1-c1ccc(CNC(=O)c2csc(Cc3ccccc3)n2)cc1F. The van der Waals surface area contributed by atoms with Gasteiger partial charge in [-0.3, -0.25) is 4.79 Å². The van der Waals surface area contributed by atoms with E-state index in [-0.39, 0.29) is 18.3 Å². The Hall–Kier alpha value is -3.32. The number of aromatic nitrogens is 3. The molecule has 146 valence electrons. The van der Waals surface area contributed by atoms with Crippen molar-refractivity contribution >= 4 is 17.2 Å². The minimum Gasteiger partial charge on any atom is -0.347 e. The van der Waals surface area contributed by atoms with E-state index in [1.54, 1.807) is 34.5 Å². The minimum absolute atomic E-state index is 0.227. The normalized spacial score (nSPS) is 10.8. The van der Waals surface area contributed by atoms with Crippen molar-refractivity contribution in [3.8, 4) is 5.69 Å². The van der Waals surface area contributed by atoms with Crippen molar-refractivity contribution in [2.45, 2.75) is 19.9 Å². The summed E-state index contributed by atoms with van der Waals surface area (Å²) in [6.07, 6.45) is 4.03. The highest BCUT2D eigenvalue weighted by Crippen LogP contribution is 2.18. The molecule has 4 aromatic rings. The monoisotopic (exact) mass is 406 g/mol. The number of carbonyl (C=O) groups is 1. The predicted octanol–water partition coefficient (Wildman–Crippen LogP) is 4.30. The van der Waals surface area contributed by atoms with Gasteiger partial charge in [-0.1, -0.05) is 36.4 Å². The molecule has 0 spiro atoms. The van der Waals surface area contributed by atoms with Crippen LogP contribution in [0.25, 0.3) is 5.69 Å². The molecule has 2 aromatic heterocycles. The smallest absolute Gasteiger partial charge is 0.271 e. The molecule has 4 rings (SSSR count). The standard InChI is InChI=1S/C22H19FN4OS/c1-15-24-9-10-27(15)20-8-7-17(11-18(20)23)13-25-22(28)19-14-29-21(26-19)12-16-5-3-2-4-6-16/h2-11,14H,12-13H2,1H3,(H,25,28). The van der Waals surface area contributed by atoms with Gasteiger partial charge in [0.05, 0.1) is 10.7 Å². The maximum absolute atomic E-state index is 14.5. The second-order valence-electron chi connectivity index (χ2n) is 6.60. The predicted molar refractivity (Wildman–Crippen MR) is 111 cm³/mol. The van der Waals surface area contributed by atoms with E-state index in [0.29, 0.717) is 29.2 Å². The van der Waals surface area contributed by atoms with Crippen molar-refractivity contribution in [1.29, 1.82) is 0 Å². The van der Waals surface area contributed by atoms with E-state index in [0.717, 1.165) is 10.6 Å². The van der Waals surface area contributed by atoms with Gasteiger partial charge >= 0.3 is 0 Å². The minimum atomic E-state index is -0.364. The molecule has 0 aliphatic heterocycles. The largest absolute Gasteiger partial charge is 0.347 e. The lowest BCUT2D eigenvalue weighted by Gasteiger charge is -2.09. The van der Waals surface area contributed by atoms with Gasteiger partial charge in [0.25, 0.3) is 5.91 Å². The number of thiazole rings is 1. The lowest BCUT2D eigenvalue weighted by Crippen LogP contribution is -2.23. The van der Waals surface area contributed by atoms with Crippen LogP contribution in [0, 0.1) is 12.7 Å². The van der Waals surface area contributed by atoms with Gasteiger partial charge in [0.1, 0.15) is 17.3 Å². The number of amides is 1. The molecule has 2 aromatic carbocycles. The summed E-state index contributed by atoms with van der Waals surface area (Å²) in [5.74, 6) is 0.0759. The number of imidazole rings is 1. The Labute approximate surface area is 171 Å². The number of hydrogen-bond donors (Lipinski definition) is 1. The number of hydrogen-bond acceptors (Lipinski definition) is 4. The zero-order valence-electron chi connectivity index (χ0n) is 15.8. The van der Waals surface area contributed by atoms with Crippen molar-refractivity contribution in [3.05, 3.63) is 99.8 Å². The van der Waals surface area contributed by atoms with E-state index in [4.69, 9.17) is 0 Å². The van der Waals surface area contributed by atoms with E-state index in [9.17, 15) is 9.18 Å². The molecule has 0 radical (unpaired) electrons. The van der Waals surface area contributed by atoms with Crippen LogP contribution in [0.2, 0.25) is 0 Å². The van der Waals surface area contributed by atoms with Crippen LogP contribution in [-0.4, -0.2) is 20.4 Å². The number of rotatable bonds is 6. The highest BCUT2D eigenvalue weighted by atomic mass is 32.1. The Bertz CT molecular complexity index is 1140. The fraction of sp³-hybridized carbons (Fsp3) is 0.136. The van der Waals surface area contributed by atoms with Crippen LogP contribution in [0.4, 0.5) is 4.39 Å². The lowest BCUT2D eigenvalue weighted by atomic mass is 10.2. The number of carbonyl (C=O) groups excluding carboxylic acids is 1. The number of halogens is 1. The molecule has 0 unspecified atom stereocenters. The average Bonchev–Trinajstić information content (AvgIpc) is 3.36. The van der Waals surface area contributed by atoms with Crippen molar-refractivity contribution in [1.82, 2.24) is 19.9 Å². The Morgan fingerprint density at radius 2 is 2.00 bits per heavy atom. The number of aryl methyl sites for hydroxylation is 1. The first kappa shape index (κ1) is 19.0. The van der Waals surface area contributed by atoms with Crippen molar-refractivity contribution in [3.63, 3.8) is 0 Å². The highest BCUT2D eigenvalue weighted by Gasteiger charge is 2.12. The van der Waals surface area contributed by atoms with E-state index in [2.05, 4.69) is 15.3 Å². The first-order valence-corrected chi connectivity index (χ1v) is 10.0. The van der Waals surface area contributed by atoms with Gasteiger partial charge in [-0.25, -0.2) is 14.4 Å². The molecule has 1 N–H and O–H groups in total. The molecule has 0 aliphatic rings. The molecule has 2 heterocycles. The Morgan fingerprint density at radius 1 is 1.17 bits per heavy atom. The third-order valence-electron chi connectivity index (χ3n) is 4.53. The molecule has 0 saturated carbocycles. The first-order chi connectivity index (χ1) is 14.1. The van der Waals surface area contributed by atoms with E-state index in [1.807, 2.05) is 37.3 Å². The van der Waals surface area contributed by atoms with Gasteiger partial charge < -0.3 is 9.88 Å². The zero-order chi connectivity index (χ0) is 20.2. The highest BCUT2D eigenvalue weighted by molar-refractivity contribution is 7.09. The molecule has 7 heteroatoms. The first-order valence-electron chi connectivity index (χ1n) is 9.15. The molecule has 0 saturated heterocycles. The second-order valence-corrected chi connectivity index (χ2v) is 7.54. The molecule has 0 atom stereocenters. The summed E-state index contributed by atoms with van der Waals surface area (Å²) in [5.41, 5.74) is 2.64. The molecular formula is C22H19FN4OS. The topological polar surface area (TPSA) is 59.8 Å². The number of benzene rings is 2. The fourth-order valence-electron chi connectivity index (χ4n) is 3.03. The average molecular weight is 406 g/mol. The number of nitrogens with one attached hydrogen (secondary N) is 1. The summed E-state index contributed by atoms with van der Waals surface area (Å²) >= 11 is 1.46. The molecule has 5 nitrogen and oxygen atoms in total.